The summed E-state index contributed by atoms with van der Waals surface area (Å²) in [7, 11) is -3.87. The molecule has 1 aliphatic carbocycles. The van der Waals surface area contributed by atoms with Gasteiger partial charge in [-0.3, -0.25) is 9.59 Å². The quantitative estimate of drug-likeness (QED) is 0.826. The Morgan fingerprint density at radius 1 is 1.16 bits per heavy atom. The Hall–Kier alpha value is -2.19. The molecule has 2 aliphatic rings. The molecule has 6 nitrogen and oxygen atoms in total. The van der Waals surface area contributed by atoms with Crippen LogP contribution in [0.2, 0.25) is 0 Å². The van der Waals surface area contributed by atoms with Crippen LogP contribution in [0.4, 0.5) is 5.69 Å². The van der Waals surface area contributed by atoms with E-state index >= 15 is 0 Å². The van der Waals surface area contributed by atoms with E-state index in [2.05, 4.69) is 21.2 Å². The Balaban J connectivity index is 1.67. The van der Waals surface area contributed by atoms with Gasteiger partial charge in [0.05, 0.1) is 5.56 Å². The van der Waals surface area contributed by atoms with Crippen molar-refractivity contribution in [1.82, 2.24) is 4.31 Å². The molecule has 0 spiro atoms. The number of carbonyl (C=O) groups is 2. The highest BCUT2D eigenvalue weighted by atomic mass is 79.9. The molecule has 0 aromatic heterocycles. The molecule has 0 radical (unpaired) electrons. The lowest BCUT2D eigenvalue weighted by atomic mass is 10.1. The maximum absolute atomic E-state index is 12.6. The van der Waals surface area contributed by atoms with Crippen LogP contribution in [-0.2, 0) is 10.0 Å². The van der Waals surface area contributed by atoms with E-state index in [-0.39, 0.29) is 22.1 Å². The first-order chi connectivity index (χ1) is 11.9. The summed E-state index contributed by atoms with van der Waals surface area (Å²) in [5.74, 6) is -0.940. The number of nitrogens with zero attached hydrogens (tertiary/aromatic N) is 1. The summed E-state index contributed by atoms with van der Waals surface area (Å²) in [5.41, 5.74) is 0.900. The van der Waals surface area contributed by atoms with Crippen LogP contribution in [0.1, 0.15) is 33.6 Å². The molecule has 1 heterocycles. The van der Waals surface area contributed by atoms with Crippen molar-refractivity contribution in [2.75, 3.05) is 5.32 Å². The van der Waals surface area contributed by atoms with Crippen molar-refractivity contribution in [3.63, 3.8) is 0 Å². The van der Waals surface area contributed by atoms with Crippen molar-refractivity contribution < 1.29 is 18.0 Å². The van der Waals surface area contributed by atoms with Gasteiger partial charge in [0, 0.05) is 21.8 Å². The normalized spacial score (nSPS) is 18.1. The van der Waals surface area contributed by atoms with Crippen LogP contribution >= 0.6 is 15.9 Å². The zero-order chi connectivity index (χ0) is 17.8. The first-order valence-electron chi connectivity index (χ1n) is 7.67. The summed E-state index contributed by atoms with van der Waals surface area (Å²) in [6.45, 7) is 0. The van der Waals surface area contributed by atoms with Crippen molar-refractivity contribution in [3.05, 3.63) is 58.1 Å². The van der Waals surface area contributed by atoms with Crippen molar-refractivity contribution in [2.45, 2.75) is 23.8 Å². The second kappa shape index (κ2) is 5.67. The van der Waals surface area contributed by atoms with Gasteiger partial charge in [0.25, 0.3) is 21.8 Å². The van der Waals surface area contributed by atoms with Gasteiger partial charge in [0.1, 0.15) is 4.90 Å². The molecule has 2 amide bonds. The number of amides is 2. The summed E-state index contributed by atoms with van der Waals surface area (Å²) in [5, 5.41) is 2.71. The molecule has 25 heavy (non-hydrogen) atoms. The minimum Gasteiger partial charge on any atom is -0.322 e. The van der Waals surface area contributed by atoms with E-state index in [0.29, 0.717) is 18.5 Å². The van der Waals surface area contributed by atoms with Gasteiger partial charge in [-0.05, 0) is 49.2 Å². The molecular weight excluding hydrogens is 408 g/mol. The Bertz CT molecular complexity index is 1020. The fourth-order valence-electron chi connectivity index (χ4n) is 2.83. The van der Waals surface area contributed by atoms with Crippen LogP contribution in [0.15, 0.2) is 51.8 Å². The Morgan fingerprint density at radius 3 is 2.60 bits per heavy atom. The Labute approximate surface area is 153 Å². The lowest BCUT2D eigenvalue weighted by Gasteiger charge is -2.13. The molecular formula is C17H13BrN2O4S. The molecule has 1 N–H and O–H groups in total. The number of nitrogens with one attached hydrogen (secondary N) is 1. The molecule has 2 aromatic carbocycles. The number of anilines is 1. The van der Waals surface area contributed by atoms with E-state index < -0.39 is 21.8 Å². The fourth-order valence-corrected chi connectivity index (χ4v) is 5.07. The first kappa shape index (κ1) is 16.3. The minimum absolute atomic E-state index is 0.0914. The van der Waals surface area contributed by atoms with Crippen LogP contribution in [-0.4, -0.2) is 30.6 Å². The predicted octanol–water partition coefficient (Wildman–Crippen LogP) is 3.01. The van der Waals surface area contributed by atoms with E-state index in [0.717, 1.165) is 8.78 Å². The molecule has 0 unspecified atom stereocenters. The average molecular weight is 421 g/mol. The summed E-state index contributed by atoms with van der Waals surface area (Å²) in [4.78, 5) is 24.7. The molecule has 128 valence electrons. The third-order valence-corrected chi connectivity index (χ3v) is 6.54. The number of hydrogen-bond acceptors (Lipinski definition) is 4. The monoisotopic (exact) mass is 420 g/mol. The van der Waals surface area contributed by atoms with E-state index in [4.69, 9.17) is 0 Å². The Morgan fingerprint density at radius 2 is 1.92 bits per heavy atom. The van der Waals surface area contributed by atoms with Gasteiger partial charge in [-0.2, -0.15) is 0 Å². The molecule has 0 bridgehead atoms. The first-order valence-corrected chi connectivity index (χ1v) is 9.91. The van der Waals surface area contributed by atoms with Crippen LogP contribution in [0.5, 0.6) is 0 Å². The number of halogens is 1. The SMILES string of the molecule is O=C(Nc1cccc(Br)c1)c1ccc2c(c1)S(=O)(=O)N(C1CC1)C2=O. The maximum atomic E-state index is 12.6. The molecule has 1 aliphatic heterocycles. The lowest BCUT2D eigenvalue weighted by molar-refractivity contribution is 0.0864. The van der Waals surface area contributed by atoms with E-state index in [1.807, 2.05) is 6.07 Å². The standard InChI is InChI=1S/C17H13BrN2O4S/c18-11-2-1-3-12(9-11)19-16(21)10-4-7-14-15(8-10)25(23,24)20(17(14)22)13-5-6-13/h1-4,7-9,13H,5-6H2,(H,19,21). The molecule has 2 aromatic rings. The third kappa shape index (κ3) is 2.75. The van der Waals surface area contributed by atoms with E-state index in [9.17, 15) is 18.0 Å². The van der Waals surface area contributed by atoms with E-state index in [1.165, 1.54) is 18.2 Å². The topological polar surface area (TPSA) is 83.6 Å². The lowest BCUT2D eigenvalue weighted by Crippen LogP contribution is -2.31. The average Bonchev–Trinajstić information content (AvgIpc) is 3.36. The zero-order valence-electron chi connectivity index (χ0n) is 12.9. The smallest absolute Gasteiger partial charge is 0.269 e. The van der Waals surface area contributed by atoms with Gasteiger partial charge < -0.3 is 5.32 Å². The van der Waals surface area contributed by atoms with Crippen molar-refractivity contribution in [2.24, 2.45) is 0 Å². The summed E-state index contributed by atoms with van der Waals surface area (Å²) in [6, 6.07) is 11.0. The van der Waals surface area contributed by atoms with Gasteiger partial charge in [-0.15, -0.1) is 0 Å². The fraction of sp³-hybridized carbons (Fsp3) is 0.176. The molecule has 1 saturated carbocycles. The molecule has 0 atom stereocenters. The van der Waals surface area contributed by atoms with Crippen molar-refractivity contribution in [1.29, 1.82) is 0 Å². The van der Waals surface area contributed by atoms with Crippen molar-refractivity contribution >= 4 is 43.5 Å². The highest BCUT2D eigenvalue weighted by Gasteiger charge is 2.48. The number of carbonyl (C=O) groups excluding carboxylic acids is 2. The van der Waals surface area contributed by atoms with Crippen LogP contribution in [0, 0.1) is 0 Å². The largest absolute Gasteiger partial charge is 0.322 e. The minimum atomic E-state index is -3.87. The summed E-state index contributed by atoms with van der Waals surface area (Å²) < 4.78 is 27.0. The predicted molar refractivity (Wildman–Crippen MR) is 94.9 cm³/mol. The van der Waals surface area contributed by atoms with Crippen LogP contribution < -0.4 is 5.32 Å². The van der Waals surface area contributed by atoms with E-state index in [1.54, 1.807) is 18.2 Å². The van der Waals surface area contributed by atoms with Gasteiger partial charge in [0.2, 0.25) is 0 Å². The Kier molecular flexibility index (Phi) is 3.69. The zero-order valence-corrected chi connectivity index (χ0v) is 15.3. The highest BCUT2D eigenvalue weighted by molar-refractivity contribution is 9.10. The second-order valence-corrected chi connectivity index (χ2v) is 8.71. The number of benzene rings is 2. The van der Waals surface area contributed by atoms with Crippen LogP contribution in [0.3, 0.4) is 0 Å². The summed E-state index contributed by atoms with van der Waals surface area (Å²) >= 11 is 3.32. The van der Waals surface area contributed by atoms with Gasteiger partial charge in [0.15, 0.2) is 0 Å². The van der Waals surface area contributed by atoms with Gasteiger partial charge in [-0.25, -0.2) is 12.7 Å². The van der Waals surface area contributed by atoms with Gasteiger partial charge >= 0.3 is 0 Å². The molecule has 0 saturated heterocycles. The number of rotatable bonds is 3. The number of sulfonamides is 1. The number of fused-ring (bicyclic) bond motifs is 1. The second-order valence-electron chi connectivity index (χ2n) is 6.01. The molecule has 4 rings (SSSR count). The maximum Gasteiger partial charge on any atom is 0.269 e. The molecule has 8 heteroatoms. The molecule has 1 fully saturated rings. The van der Waals surface area contributed by atoms with Crippen LogP contribution in [0.25, 0.3) is 0 Å². The number of hydrogen-bond donors (Lipinski definition) is 1. The third-order valence-electron chi connectivity index (χ3n) is 4.17. The van der Waals surface area contributed by atoms with Gasteiger partial charge in [-0.1, -0.05) is 22.0 Å². The highest BCUT2D eigenvalue weighted by Crippen LogP contribution is 2.39. The summed E-state index contributed by atoms with van der Waals surface area (Å²) in [6.07, 6.45) is 1.38. The van der Waals surface area contributed by atoms with Crippen molar-refractivity contribution in [3.8, 4) is 0 Å².